The van der Waals surface area contributed by atoms with Crippen LogP contribution in [0.25, 0.3) is 0 Å². The number of carbonyl (C=O) groups excluding carboxylic acids is 1. The highest BCUT2D eigenvalue weighted by molar-refractivity contribution is 5.87. The van der Waals surface area contributed by atoms with Crippen LogP contribution < -0.4 is 11.1 Å². The van der Waals surface area contributed by atoms with Gasteiger partial charge in [0.15, 0.2) is 0 Å². The maximum Gasteiger partial charge on any atom is 0.337 e. The molecule has 0 fully saturated rings. The van der Waals surface area contributed by atoms with E-state index in [9.17, 15) is 9.59 Å². The van der Waals surface area contributed by atoms with E-state index in [4.69, 9.17) is 10.8 Å². The number of carbonyl (C=O) groups is 2. The Bertz CT molecular complexity index is 440. The van der Waals surface area contributed by atoms with Crippen molar-refractivity contribution >= 4 is 11.9 Å². The van der Waals surface area contributed by atoms with Gasteiger partial charge in [0.2, 0.25) is 5.91 Å². The van der Waals surface area contributed by atoms with Crippen LogP contribution in [-0.2, 0) is 11.3 Å². The van der Waals surface area contributed by atoms with Gasteiger partial charge >= 0.3 is 5.97 Å². The molecule has 6 heteroatoms. The SMILES string of the molecule is CC(C)(CNCc1ccc(C(=O)O)cn1)C(N)=O. The Balaban J connectivity index is 2.50. The van der Waals surface area contributed by atoms with Crippen LogP contribution in [0, 0.1) is 5.41 Å². The number of nitrogens with two attached hydrogens (primary N) is 1. The summed E-state index contributed by atoms with van der Waals surface area (Å²) in [7, 11) is 0. The molecule has 0 bridgehead atoms. The van der Waals surface area contributed by atoms with Gasteiger partial charge in [-0.3, -0.25) is 9.78 Å². The highest BCUT2D eigenvalue weighted by Gasteiger charge is 2.24. The molecule has 0 aliphatic rings. The molecule has 0 unspecified atom stereocenters. The first-order valence-electron chi connectivity index (χ1n) is 5.52. The Morgan fingerprint density at radius 1 is 1.44 bits per heavy atom. The van der Waals surface area contributed by atoms with E-state index in [0.29, 0.717) is 18.8 Å². The average Bonchev–Trinajstić information content (AvgIpc) is 2.29. The van der Waals surface area contributed by atoms with Crippen molar-refractivity contribution in [2.24, 2.45) is 11.1 Å². The summed E-state index contributed by atoms with van der Waals surface area (Å²) in [5, 5.41) is 11.8. The van der Waals surface area contributed by atoms with E-state index >= 15 is 0 Å². The Hall–Kier alpha value is -1.95. The molecule has 0 aliphatic heterocycles. The zero-order valence-corrected chi connectivity index (χ0v) is 10.4. The van der Waals surface area contributed by atoms with Gasteiger partial charge in [0, 0.05) is 19.3 Å². The first-order valence-corrected chi connectivity index (χ1v) is 5.52. The quantitative estimate of drug-likeness (QED) is 0.678. The van der Waals surface area contributed by atoms with E-state index in [0.717, 1.165) is 0 Å². The van der Waals surface area contributed by atoms with E-state index in [1.165, 1.54) is 12.3 Å². The molecule has 0 aliphatic carbocycles. The molecule has 1 rings (SSSR count). The van der Waals surface area contributed by atoms with Crippen LogP contribution >= 0.6 is 0 Å². The van der Waals surface area contributed by atoms with Crippen molar-refractivity contribution in [3.8, 4) is 0 Å². The summed E-state index contributed by atoms with van der Waals surface area (Å²) in [5.74, 6) is -1.37. The van der Waals surface area contributed by atoms with Gasteiger partial charge in [-0.05, 0) is 26.0 Å². The second kappa shape index (κ2) is 5.59. The number of aromatic nitrogens is 1. The Morgan fingerprint density at radius 3 is 2.56 bits per heavy atom. The largest absolute Gasteiger partial charge is 0.478 e. The summed E-state index contributed by atoms with van der Waals surface area (Å²) in [6.07, 6.45) is 1.30. The van der Waals surface area contributed by atoms with E-state index in [-0.39, 0.29) is 11.5 Å². The topological polar surface area (TPSA) is 105 Å². The van der Waals surface area contributed by atoms with Gasteiger partial charge in [-0.2, -0.15) is 0 Å². The van der Waals surface area contributed by atoms with E-state index in [1.807, 2.05) is 0 Å². The van der Waals surface area contributed by atoms with E-state index in [1.54, 1.807) is 19.9 Å². The van der Waals surface area contributed by atoms with Crippen molar-refractivity contribution in [2.75, 3.05) is 6.54 Å². The van der Waals surface area contributed by atoms with Crippen molar-refractivity contribution in [1.82, 2.24) is 10.3 Å². The number of nitrogens with one attached hydrogen (secondary N) is 1. The number of pyridine rings is 1. The molecule has 0 atom stereocenters. The van der Waals surface area contributed by atoms with Gasteiger partial charge in [0.05, 0.1) is 16.7 Å². The summed E-state index contributed by atoms with van der Waals surface area (Å²) in [6, 6.07) is 3.12. The Labute approximate surface area is 105 Å². The number of nitrogens with zero attached hydrogens (tertiary/aromatic N) is 1. The molecule has 98 valence electrons. The number of amides is 1. The smallest absolute Gasteiger partial charge is 0.337 e. The van der Waals surface area contributed by atoms with Gasteiger partial charge in [-0.1, -0.05) is 0 Å². The lowest BCUT2D eigenvalue weighted by Gasteiger charge is -2.20. The number of primary amides is 1. The highest BCUT2D eigenvalue weighted by Crippen LogP contribution is 2.12. The molecule has 0 saturated heterocycles. The lowest BCUT2D eigenvalue weighted by Crippen LogP contribution is -2.40. The minimum absolute atomic E-state index is 0.149. The highest BCUT2D eigenvalue weighted by atomic mass is 16.4. The molecule has 4 N–H and O–H groups in total. The van der Waals surface area contributed by atoms with Crippen molar-refractivity contribution in [3.63, 3.8) is 0 Å². The van der Waals surface area contributed by atoms with Crippen LogP contribution in [0.1, 0.15) is 29.9 Å². The molecule has 0 spiro atoms. The predicted octanol–water partition coefficient (Wildman–Crippen LogP) is 0.381. The standard InChI is InChI=1S/C12H17N3O3/c1-12(2,11(13)18)7-14-6-9-4-3-8(5-15-9)10(16)17/h3-5,14H,6-7H2,1-2H3,(H2,13,18)(H,16,17). The van der Waals surface area contributed by atoms with Crippen LogP contribution in [0.15, 0.2) is 18.3 Å². The molecule has 1 amide bonds. The van der Waals surface area contributed by atoms with Gasteiger partial charge in [0.1, 0.15) is 0 Å². The van der Waals surface area contributed by atoms with Crippen molar-refractivity contribution in [1.29, 1.82) is 0 Å². The molecular weight excluding hydrogens is 234 g/mol. The summed E-state index contributed by atoms with van der Waals surface area (Å²) in [6.45, 7) is 4.40. The van der Waals surface area contributed by atoms with Gasteiger partial charge in [-0.25, -0.2) is 4.79 Å². The van der Waals surface area contributed by atoms with Crippen LogP contribution in [0.5, 0.6) is 0 Å². The van der Waals surface area contributed by atoms with Gasteiger partial charge < -0.3 is 16.2 Å². The zero-order valence-electron chi connectivity index (χ0n) is 10.4. The number of hydrogen-bond donors (Lipinski definition) is 3. The number of carboxylic acids is 1. The third-order valence-corrected chi connectivity index (χ3v) is 2.61. The Kier molecular flexibility index (Phi) is 4.38. The molecular formula is C12H17N3O3. The lowest BCUT2D eigenvalue weighted by molar-refractivity contribution is -0.125. The van der Waals surface area contributed by atoms with Gasteiger partial charge in [0.25, 0.3) is 0 Å². The fourth-order valence-corrected chi connectivity index (χ4v) is 1.25. The number of rotatable bonds is 6. The summed E-state index contributed by atoms with van der Waals surface area (Å²) < 4.78 is 0. The lowest BCUT2D eigenvalue weighted by atomic mass is 9.93. The van der Waals surface area contributed by atoms with Crippen LogP contribution in [0.3, 0.4) is 0 Å². The van der Waals surface area contributed by atoms with Crippen molar-refractivity contribution < 1.29 is 14.7 Å². The molecule has 6 nitrogen and oxygen atoms in total. The normalized spacial score (nSPS) is 11.2. The predicted molar refractivity (Wildman–Crippen MR) is 65.9 cm³/mol. The second-order valence-electron chi connectivity index (χ2n) is 4.70. The first kappa shape index (κ1) is 14.1. The average molecular weight is 251 g/mol. The van der Waals surface area contributed by atoms with E-state index < -0.39 is 11.4 Å². The molecule has 1 aromatic heterocycles. The number of aromatic carboxylic acids is 1. The summed E-state index contributed by atoms with van der Waals surface area (Å²) >= 11 is 0. The third kappa shape index (κ3) is 3.81. The number of hydrogen-bond acceptors (Lipinski definition) is 4. The summed E-state index contributed by atoms with van der Waals surface area (Å²) in [5.41, 5.74) is 5.48. The van der Waals surface area contributed by atoms with Crippen molar-refractivity contribution in [2.45, 2.75) is 20.4 Å². The first-order chi connectivity index (χ1) is 8.33. The number of carboxylic acid groups (broad SMARTS) is 1. The van der Waals surface area contributed by atoms with Gasteiger partial charge in [-0.15, -0.1) is 0 Å². The van der Waals surface area contributed by atoms with Crippen LogP contribution in [-0.4, -0.2) is 28.5 Å². The molecule has 1 aromatic rings. The molecule has 0 aromatic carbocycles. The minimum Gasteiger partial charge on any atom is -0.478 e. The maximum atomic E-state index is 11.1. The fraction of sp³-hybridized carbons (Fsp3) is 0.417. The second-order valence-corrected chi connectivity index (χ2v) is 4.70. The summed E-state index contributed by atoms with van der Waals surface area (Å²) in [4.78, 5) is 25.7. The third-order valence-electron chi connectivity index (χ3n) is 2.61. The zero-order chi connectivity index (χ0) is 13.8. The maximum absolute atomic E-state index is 11.1. The fourth-order valence-electron chi connectivity index (χ4n) is 1.25. The molecule has 0 radical (unpaired) electrons. The minimum atomic E-state index is -1.00. The van der Waals surface area contributed by atoms with E-state index in [2.05, 4.69) is 10.3 Å². The van der Waals surface area contributed by atoms with Crippen LogP contribution in [0.2, 0.25) is 0 Å². The molecule has 18 heavy (non-hydrogen) atoms. The molecule has 0 saturated carbocycles. The van der Waals surface area contributed by atoms with Crippen LogP contribution in [0.4, 0.5) is 0 Å². The monoisotopic (exact) mass is 251 g/mol. The molecule has 1 heterocycles. The Morgan fingerprint density at radius 2 is 2.11 bits per heavy atom. The van der Waals surface area contributed by atoms with Crippen molar-refractivity contribution in [3.05, 3.63) is 29.6 Å².